The zero-order valence-electron chi connectivity index (χ0n) is 16.9. The molecule has 0 radical (unpaired) electrons. The molecule has 1 saturated heterocycles. The highest BCUT2D eigenvalue weighted by molar-refractivity contribution is 5.91. The number of methoxy groups -OCH3 is 2. The van der Waals surface area contributed by atoms with Gasteiger partial charge in [0.1, 0.15) is 0 Å². The highest BCUT2D eigenvalue weighted by atomic mass is 16.5. The van der Waals surface area contributed by atoms with Crippen LogP contribution >= 0.6 is 0 Å². The quantitative estimate of drug-likeness (QED) is 0.496. The van der Waals surface area contributed by atoms with E-state index >= 15 is 0 Å². The molecular weight excluding hydrogens is 370 g/mol. The summed E-state index contributed by atoms with van der Waals surface area (Å²) in [4.78, 5) is 14.3. The molecule has 2 heterocycles. The van der Waals surface area contributed by atoms with E-state index < -0.39 is 0 Å². The normalized spacial score (nSPS) is 13.5. The number of rotatable bonds is 9. The average Bonchev–Trinajstić information content (AvgIpc) is 3.30. The van der Waals surface area contributed by atoms with Gasteiger partial charge in [0.15, 0.2) is 17.3 Å². The molecule has 154 valence electrons. The van der Waals surface area contributed by atoms with Gasteiger partial charge in [-0.2, -0.15) is 5.10 Å². The Balaban J connectivity index is 1.43. The first-order chi connectivity index (χ1) is 14.2. The smallest absolute Gasteiger partial charge is 0.244 e. The monoisotopic (exact) mass is 397 g/mol. The number of anilines is 2. The lowest BCUT2D eigenvalue weighted by atomic mass is 10.2. The lowest BCUT2D eigenvalue weighted by Gasteiger charge is -2.17. The molecule has 1 amide bonds. The molecule has 3 rings (SSSR count). The molecule has 0 bridgehead atoms. The molecule has 1 aliphatic heterocycles. The second kappa shape index (κ2) is 10.3. The Kier molecular flexibility index (Phi) is 7.27. The van der Waals surface area contributed by atoms with Crippen molar-refractivity contribution in [2.45, 2.75) is 12.8 Å². The molecule has 1 aromatic heterocycles. The molecule has 1 fully saturated rings. The van der Waals surface area contributed by atoms with Crippen molar-refractivity contribution in [2.75, 3.05) is 50.6 Å². The number of nitrogens with one attached hydrogen (secondary N) is 2. The maximum atomic E-state index is 12.0. The molecule has 2 aromatic rings. The number of hydrogen-bond acceptors (Lipinski definition) is 7. The van der Waals surface area contributed by atoms with Crippen molar-refractivity contribution in [2.24, 2.45) is 0 Å². The number of hydrogen-bond donors (Lipinski definition) is 2. The predicted octanol–water partition coefficient (Wildman–Crippen LogP) is 2.34. The number of benzene rings is 1. The topological polar surface area (TPSA) is 88.6 Å². The van der Waals surface area contributed by atoms with Crippen LogP contribution in [0.5, 0.6) is 11.5 Å². The molecule has 1 aromatic carbocycles. The van der Waals surface area contributed by atoms with Gasteiger partial charge in [0.2, 0.25) is 5.91 Å². The van der Waals surface area contributed by atoms with Crippen LogP contribution in [-0.4, -0.2) is 56.5 Å². The molecule has 8 heteroatoms. The third kappa shape index (κ3) is 5.84. The van der Waals surface area contributed by atoms with Gasteiger partial charge in [0, 0.05) is 38.3 Å². The first-order valence-electron chi connectivity index (χ1n) is 9.69. The van der Waals surface area contributed by atoms with Gasteiger partial charge in [-0.05, 0) is 36.6 Å². The van der Waals surface area contributed by atoms with E-state index in [1.807, 2.05) is 18.2 Å². The Morgan fingerprint density at radius 2 is 1.93 bits per heavy atom. The first-order valence-corrected chi connectivity index (χ1v) is 9.69. The first kappa shape index (κ1) is 20.4. The lowest BCUT2D eigenvalue weighted by molar-refractivity contribution is -0.116. The second-order valence-electron chi connectivity index (χ2n) is 6.66. The van der Waals surface area contributed by atoms with Gasteiger partial charge in [0.25, 0.3) is 0 Å². The van der Waals surface area contributed by atoms with E-state index in [1.165, 1.54) is 18.9 Å². The van der Waals surface area contributed by atoms with Crippen LogP contribution in [0.1, 0.15) is 18.4 Å². The molecule has 0 spiro atoms. The van der Waals surface area contributed by atoms with Crippen molar-refractivity contribution >= 4 is 23.5 Å². The summed E-state index contributed by atoms with van der Waals surface area (Å²) in [6, 6.07) is 7.48. The third-order valence-electron chi connectivity index (χ3n) is 4.68. The number of carbonyl (C=O) groups is 1. The van der Waals surface area contributed by atoms with Gasteiger partial charge in [-0.25, -0.2) is 0 Å². The Morgan fingerprint density at radius 3 is 2.69 bits per heavy atom. The van der Waals surface area contributed by atoms with Crippen molar-refractivity contribution < 1.29 is 14.3 Å². The second-order valence-corrected chi connectivity index (χ2v) is 6.66. The number of aromatic nitrogens is 2. The molecule has 1 aliphatic rings. The Labute approximate surface area is 170 Å². The predicted molar refractivity (Wildman–Crippen MR) is 114 cm³/mol. The number of amides is 1. The summed E-state index contributed by atoms with van der Waals surface area (Å²) in [5.41, 5.74) is 1.94. The molecular formula is C21H27N5O3. The molecule has 29 heavy (non-hydrogen) atoms. The maximum absolute atomic E-state index is 12.0. The van der Waals surface area contributed by atoms with Crippen molar-refractivity contribution in [3.63, 3.8) is 0 Å². The van der Waals surface area contributed by atoms with Crippen molar-refractivity contribution in [3.8, 4) is 11.5 Å². The number of carbonyl (C=O) groups excluding carboxylic acids is 1. The fourth-order valence-electron chi connectivity index (χ4n) is 3.15. The standard InChI is InChI=1S/C21H27N5O3/c1-28-18-7-5-16(13-19(18)29-2)6-8-21(27)23-10-9-22-20-14-17(15-24-25-20)26-11-3-4-12-26/h5-8,13-15H,3-4,9-12H2,1-2H3,(H,22,25)(H,23,27). The maximum Gasteiger partial charge on any atom is 0.244 e. The van der Waals surface area contributed by atoms with Crippen LogP contribution in [0.4, 0.5) is 11.5 Å². The number of ether oxygens (including phenoxy) is 2. The van der Waals surface area contributed by atoms with Crippen LogP contribution in [0, 0.1) is 0 Å². The minimum Gasteiger partial charge on any atom is -0.493 e. The summed E-state index contributed by atoms with van der Waals surface area (Å²) in [6.07, 6.45) is 7.45. The highest BCUT2D eigenvalue weighted by Gasteiger charge is 2.13. The van der Waals surface area contributed by atoms with Gasteiger partial charge in [-0.15, -0.1) is 5.10 Å². The van der Waals surface area contributed by atoms with E-state index in [1.54, 1.807) is 32.6 Å². The van der Waals surface area contributed by atoms with Crippen molar-refractivity contribution in [1.82, 2.24) is 15.5 Å². The van der Waals surface area contributed by atoms with E-state index in [4.69, 9.17) is 9.47 Å². The van der Waals surface area contributed by atoms with Crippen LogP contribution < -0.4 is 25.0 Å². The van der Waals surface area contributed by atoms with Crippen LogP contribution in [0.15, 0.2) is 36.5 Å². The zero-order chi connectivity index (χ0) is 20.5. The summed E-state index contributed by atoms with van der Waals surface area (Å²) >= 11 is 0. The van der Waals surface area contributed by atoms with Crippen LogP contribution in [0.25, 0.3) is 6.08 Å². The molecule has 2 N–H and O–H groups in total. The van der Waals surface area contributed by atoms with Gasteiger partial charge < -0.3 is 25.0 Å². The number of nitrogens with zero attached hydrogens (tertiary/aromatic N) is 3. The van der Waals surface area contributed by atoms with E-state index in [0.717, 1.165) is 24.3 Å². The Hall–Kier alpha value is -3.29. The van der Waals surface area contributed by atoms with Crippen LogP contribution in [0.2, 0.25) is 0 Å². The van der Waals surface area contributed by atoms with Gasteiger partial charge in [-0.3, -0.25) is 4.79 Å². The summed E-state index contributed by atoms with van der Waals surface area (Å²) in [7, 11) is 3.17. The van der Waals surface area contributed by atoms with Gasteiger partial charge in [0.05, 0.1) is 26.1 Å². The summed E-state index contributed by atoms with van der Waals surface area (Å²) < 4.78 is 10.5. The molecule has 8 nitrogen and oxygen atoms in total. The zero-order valence-corrected chi connectivity index (χ0v) is 16.9. The Bertz CT molecular complexity index is 850. The largest absolute Gasteiger partial charge is 0.493 e. The molecule has 0 aliphatic carbocycles. The van der Waals surface area contributed by atoms with E-state index in [-0.39, 0.29) is 5.91 Å². The van der Waals surface area contributed by atoms with Crippen LogP contribution in [0.3, 0.4) is 0 Å². The summed E-state index contributed by atoms with van der Waals surface area (Å²) in [6.45, 7) is 3.17. The minimum atomic E-state index is -0.168. The molecule has 0 atom stereocenters. The highest BCUT2D eigenvalue weighted by Crippen LogP contribution is 2.27. The van der Waals surface area contributed by atoms with Crippen LogP contribution in [-0.2, 0) is 4.79 Å². The van der Waals surface area contributed by atoms with Crippen molar-refractivity contribution in [1.29, 1.82) is 0 Å². The third-order valence-corrected chi connectivity index (χ3v) is 4.68. The van der Waals surface area contributed by atoms with Gasteiger partial charge in [-0.1, -0.05) is 6.07 Å². The van der Waals surface area contributed by atoms with Gasteiger partial charge >= 0.3 is 0 Å². The molecule has 0 unspecified atom stereocenters. The Morgan fingerprint density at radius 1 is 1.14 bits per heavy atom. The fraction of sp³-hybridized carbons (Fsp3) is 0.381. The average molecular weight is 397 g/mol. The molecule has 0 saturated carbocycles. The minimum absolute atomic E-state index is 0.168. The van der Waals surface area contributed by atoms with E-state index in [0.29, 0.717) is 30.4 Å². The fourth-order valence-corrected chi connectivity index (χ4v) is 3.15. The van der Waals surface area contributed by atoms with Crippen molar-refractivity contribution in [3.05, 3.63) is 42.1 Å². The SMILES string of the molecule is COc1ccc(C=CC(=O)NCCNc2cc(N3CCCC3)cnn2)cc1OC. The van der Waals surface area contributed by atoms with E-state index in [9.17, 15) is 4.79 Å². The lowest BCUT2D eigenvalue weighted by Crippen LogP contribution is -2.27. The summed E-state index contributed by atoms with van der Waals surface area (Å²) in [5.74, 6) is 1.82. The summed E-state index contributed by atoms with van der Waals surface area (Å²) in [5, 5.41) is 14.2. The van der Waals surface area contributed by atoms with E-state index in [2.05, 4.69) is 25.7 Å².